The van der Waals surface area contributed by atoms with E-state index in [1.165, 1.54) is 29.0 Å². The molecular formula is C15H17N3S. The molecule has 1 aromatic carbocycles. The minimum atomic E-state index is 0.605. The van der Waals surface area contributed by atoms with Crippen molar-refractivity contribution in [2.24, 2.45) is 0 Å². The summed E-state index contributed by atoms with van der Waals surface area (Å²) in [6, 6.07) is 9.36. The van der Waals surface area contributed by atoms with Gasteiger partial charge in [0.1, 0.15) is 5.01 Å². The van der Waals surface area contributed by atoms with Gasteiger partial charge in [-0.05, 0) is 44.2 Å². The lowest BCUT2D eigenvalue weighted by Crippen LogP contribution is -2.33. The first-order valence-electron chi connectivity index (χ1n) is 6.80. The Kier molecular flexibility index (Phi) is 2.44. The maximum atomic E-state index is 5.75. The lowest BCUT2D eigenvalue weighted by atomic mass is 10.1. The van der Waals surface area contributed by atoms with Crippen LogP contribution in [0.1, 0.15) is 29.5 Å². The van der Waals surface area contributed by atoms with Crippen molar-refractivity contribution in [2.45, 2.75) is 31.3 Å². The fourth-order valence-corrected chi connectivity index (χ4v) is 4.60. The van der Waals surface area contributed by atoms with Gasteiger partial charge in [0.2, 0.25) is 0 Å². The maximum absolute atomic E-state index is 5.75. The van der Waals surface area contributed by atoms with Gasteiger partial charge in [0.05, 0.1) is 5.69 Å². The number of rotatable bonds is 1. The highest BCUT2D eigenvalue weighted by Gasteiger charge is 2.39. The molecule has 0 amide bonds. The average Bonchev–Trinajstić information content (AvgIpc) is 2.92. The third-order valence-corrected chi connectivity index (χ3v) is 5.71. The van der Waals surface area contributed by atoms with Crippen LogP contribution in [0.25, 0.3) is 10.6 Å². The summed E-state index contributed by atoms with van der Waals surface area (Å²) in [5.74, 6) is 0. The van der Waals surface area contributed by atoms with E-state index in [-0.39, 0.29) is 0 Å². The van der Waals surface area contributed by atoms with Gasteiger partial charge < -0.3 is 5.73 Å². The van der Waals surface area contributed by atoms with E-state index in [1.807, 2.05) is 23.5 Å². The Labute approximate surface area is 117 Å². The minimum Gasteiger partial charge on any atom is -0.399 e. The minimum absolute atomic E-state index is 0.605. The van der Waals surface area contributed by atoms with Crippen molar-refractivity contribution in [3.8, 4) is 10.6 Å². The normalized spacial score (nSPS) is 25.5. The van der Waals surface area contributed by atoms with Crippen LogP contribution in [0.15, 0.2) is 24.3 Å². The van der Waals surface area contributed by atoms with Gasteiger partial charge >= 0.3 is 0 Å². The van der Waals surface area contributed by atoms with Crippen molar-refractivity contribution >= 4 is 17.0 Å². The topological polar surface area (TPSA) is 42.1 Å². The number of nitrogens with zero attached hydrogens (tertiary/aromatic N) is 2. The zero-order valence-corrected chi connectivity index (χ0v) is 11.8. The second-order valence-corrected chi connectivity index (χ2v) is 6.60. The molecule has 1 aromatic heterocycles. The highest BCUT2D eigenvalue weighted by atomic mass is 32.1. The lowest BCUT2D eigenvalue weighted by Gasteiger charge is -2.29. The molecule has 3 nitrogen and oxygen atoms in total. The van der Waals surface area contributed by atoms with E-state index in [1.54, 1.807) is 0 Å². The van der Waals surface area contributed by atoms with Crippen LogP contribution in [0.4, 0.5) is 5.69 Å². The van der Waals surface area contributed by atoms with Crippen molar-refractivity contribution in [1.29, 1.82) is 0 Å². The number of nitrogens with two attached hydrogens (primary N) is 1. The summed E-state index contributed by atoms with van der Waals surface area (Å²) in [5, 5.41) is 1.14. The molecule has 2 bridgehead atoms. The predicted molar refractivity (Wildman–Crippen MR) is 79.2 cm³/mol. The number of hydrogen-bond donors (Lipinski definition) is 1. The predicted octanol–water partition coefficient (Wildman–Crippen LogP) is 3.08. The number of nitrogen functional groups attached to an aromatic ring is 1. The summed E-state index contributed by atoms with van der Waals surface area (Å²) in [5.41, 5.74) is 9.08. The SMILES string of the molecule is CN1C2CCC1c1sc(-c3ccc(N)cc3)nc1C2. The van der Waals surface area contributed by atoms with E-state index in [0.29, 0.717) is 12.1 Å². The Bertz CT molecular complexity index is 617. The van der Waals surface area contributed by atoms with Gasteiger partial charge in [-0.25, -0.2) is 4.98 Å². The summed E-state index contributed by atoms with van der Waals surface area (Å²) < 4.78 is 0. The summed E-state index contributed by atoms with van der Waals surface area (Å²) in [6.07, 6.45) is 3.73. The molecule has 98 valence electrons. The molecule has 2 aliphatic heterocycles. The third kappa shape index (κ3) is 1.70. The summed E-state index contributed by atoms with van der Waals surface area (Å²) in [6.45, 7) is 0. The first-order chi connectivity index (χ1) is 9.22. The zero-order chi connectivity index (χ0) is 13.0. The van der Waals surface area contributed by atoms with Crippen molar-refractivity contribution in [3.05, 3.63) is 34.8 Å². The smallest absolute Gasteiger partial charge is 0.123 e. The number of benzene rings is 1. The van der Waals surface area contributed by atoms with Crippen LogP contribution in [0, 0.1) is 0 Å². The van der Waals surface area contributed by atoms with Crippen molar-refractivity contribution in [2.75, 3.05) is 12.8 Å². The maximum Gasteiger partial charge on any atom is 0.123 e. The van der Waals surface area contributed by atoms with Crippen molar-refractivity contribution in [3.63, 3.8) is 0 Å². The van der Waals surface area contributed by atoms with E-state index in [0.717, 1.165) is 17.1 Å². The lowest BCUT2D eigenvalue weighted by molar-refractivity contribution is 0.226. The molecule has 1 fully saturated rings. The third-order valence-electron chi connectivity index (χ3n) is 4.46. The van der Waals surface area contributed by atoms with Gasteiger partial charge in [0, 0.05) is 34.6 Å². The van der Waals surface area contributed by atoms with Crippen LogP contribution in [-0.4, -0.2) is 23.0 Å². The Hall–Kier alpha value is -1.39. The molecule has 0 saturated carbocycles. The van der Waals surface area contributed by atoms with Crippen molar-refractivity contribution < 1.29 is 0 Å². The first-order valence-corrected chi connectivity index (χ1v) is 7.61. The molecule has 0 radical (unpaired) electrons. The highest BCUT2D eigenvalue weighted by Crippen LogP contribution is 2.46. The molecule has 1 saturated heterocycles. The van der Waals surface area contributed by atoms with Gasteiger partial charge in [-0.3, -0.25) is 4.90 Å². The average molecular weight is 271 g/mol. The summed E-state index contributed by atoms with van der Waals surface area (Å²) in [7, 11) is 2.26. The van der Waals surface area contributed by atoms with Gasteiger partial charge in [0.15, 0.2) is 0 Å². The van der Waals surface area contributed by atoms with Crippen LogP contribution in [0.2, 0.25) is 0 Å². The van der Waals surface area contributed by atoms with Crippen LogP contribution < -0.4 is 5.73 Å². The van der Waals surface area contributed by atoms with E-state index in [4.69, 9.17) is 10.7 Å². The molecule has 2 aliphatic rings. The van der Waals surface area contributed by atoms with Gasteiger partial charge in [-0.2, -0.15) is 0 Å². The van der Waals surface area contributed by atoms with Crippen LogP contribution >= 0.6 is 11.3 Å². The molecule has 2 atom stereocenters. The van der Waals surface area contributed by atoms with E-state index in [2.05, 4.69) is 24.1 Å². The van der Waals surface area contributed by atoms with Crippen LogP contribution in [-0.2, 0) is 6.42 Å². The molecule has 3 heterocycles. The number of fused-ring (bicyclic) bond motifs is 4. The standard InChI is InChI=1S/C15H17N3S/c1-18-11-6-7-13(18)14-12(8-11)17-15(19-14)9-2-4-10(16)5-3-9/h2-5,11,13H,6-8,16H2,1H3. The second kappa shape index (κ2) is 4.05. The Morgan fingerprint density at radius 3 is 2.84 bits per heavy atom. The van der Waals surface area contributed by atoms with E-state index >= 15 is 0 Å². The molecule has 2 N–H and O–H groups in total. The first kappa shape index (κ1) is 11.4. The molecule has 2 aromatic rings. The number of thiazole rings is 1. The zero-order valence-electron chi connectivity index (χ0n) is 11.0. The molecule has 19 heavy (non-hydrogen) atoms. The number of hydrogen-bond acceptors (Lipinski definition) is 4. The molecular weight excluding hydrogens is 254 g/mol. The second-order valence-electron chi connectivity index (χ2n) is 5.57. The molecule has 2 unspecified atom stereocenters. The molecule has 0 aliphatic carbocycles. The number of likely N-dealkylation sites (N-methyl/N-ethyl adjacent to an activating group) is 1. The summed E-state index contributed by atoms with van der Waals surface area (Å²) >= 11 is 1.86. The fourth-order valence-electron chi connectivity index (χ4n) is 3.32. The summed E-state index contributed by atoms with van der Waals surface area (Å²) in [4.78, 5) is 8.90. The monoisotopic (exact) mass is 271 g/mol. The van der Waals surface area contributed by atoms with Crippen LogP contribution in [0.3, 0.4) is 0 Å². The van der Waals surface area contributed by atoms with E-state index < -0.39 is 0 Å². The van der Waals surface area contributed by atoms with Crippen molar-refractivity contribution in [1.82, 2.24) is 9.88 Å². The molecule has 0 spiro atoms. The largest absolute Gasteiger partial charge is 0.399 e. The number of anilines is 1. The quantitative estimate of drug-likeness (QED) is 0.810. The molecule has 4 heteroatoms. The Balaban J connectivity index is 1.76. The fraction of sp³-hybridized carbons (Fsp3) is 0.400. The van der Waals surface area contributed by atoms with Gasteiger partial charge in [0.25, 0.3) is 0 Å². The van der Waals surface area contributed by atoms with Crippen LogP contribution in [0.5, 0.6) is 0 Å². The molecule has 4 rings (SSSR count). The van der Waals surface area contributed by atoms with Gasteiger partial charge in [-0.1, -0.05) is 0 Å². The Morgan fingerprint density at radius 2 is 2.05 bits per heavy atom. The van der Waals surface area contributed by atoms with Gasteiger partial charge in [-0.15, -0.1) is 11.3 Å². The van der Waals surface area contributed by atoms with E-state index in [9.17, 15) is 0 Å². The number of aromatic nitrogens is 1. The Morgan fingerprint density at radius 1 is 1.26 bits per heavy atom. The highest BCUT2D eigenvalue weighted by molar-refractivity contribution is 7.15.